The van der Waals surface area contributed by atoms with Crippen LogP contribution in [0.15, 0.2) is 67.0 Å². The summed E-state index contributed by atoms with van der Waals surface area (Å²) in [6, 6.07) is 17.0. The Kier molecular flexibility index (Phi) is 6.10. The average Bonchev–Trinajstić information content (AvgIpc) is 2.66. The zero-order valence-electron chi connectivity index (χ0n) is 13.9. The van der Waals surface area contributed by atoms with Gasteiger partial charge in [-0.15, -0.1) is 0 Å². The van der Waals surface area contributed by atoms with Crippen LogP contribution in [0.3, 0.4) is 0 Å². The third-order valence-corrected chi connectivity index (χ3v) is 4.42. The quantitative estimate of drug-likeness (QED) is 0.605. The molecule has 1 aromatic heterocycles. The molecule has 3 aromatic rings. The van der Waals surface area contributed by atoms with Gasteiger partial charge < -0.3 is 10.6 Å². The Morgan fingerprint density at radius 1 is 0.962 bits per heavy atom. The number of nitrogens with zero attached hydrogens (tertiary/aromatic N) is 1. The summed E-state index contributed by atoms with van der Waals surface area (Å²) in [5, 5.41) is 6.78. The van der Waals surface area contributed by atoms with Crippen molar-refractivity contribution in [3.8, 4) is 0 Å². The second kappa shape index (κ2) is 8.70. The zero-order valence-corrected chi connectivity index (χ0v) is 15.4. The van der Waals surface area contributed by atoms with Gasteiger partial charge in [-0.1, -0.05) is 59.6 Å². The fraction of sp³-hybridized carbons (Fsp3) is 0.100. The highest BCUT2D eigenvalue weighted by Gasteiger charge is 2.12. The molecule has 1 heterocycles. The molecule has 0 atom stereocenters. The molecule has 2 aromatic carbocycles. The standard InChI is InChI=1S/C20H17Cl2N3O/c21-17-7-4-8-18(22)19(17)25-20(26)15-11-16(13-23-12-15)24-10-9-14-5-2-1-3-6-14/h1-8,11-13,24H,9-10H2,(H,25,26). The fourth-order valence-electron chi connectivity index (χ4n) is 2.46. The Bertz CT molecular complexity index is 880. The first-order valence-electron chi connectivity index (χ1n) is 8.11. The van der Waals surface area contributed by atoms with Crippen molar-refractivity contribution >= 4 is 40.5 Å². The van der Waals surface area contributed by atoms with Crippen molar-refractivity contribution in [3.05, 3.63) is 88.2 Å². The maximum atomic E-state index is 12.5. The lowest BCUT2D eigenvalue weighted by atomic mass is 10.1. The van der Waals surface area contributed by atoms with E-state index in [0.29, 0.717) is 21.3 Å². The molecule has 6 heteroatoms. The normalized spacial score (nSPS) is 10.4. The molecule has 0 aliphatic heterocycles. The molecule has 0 radical (unpaired) electrons. The predicted octanol–water partition coefficient (Wildman–Crippen LogP) is 5.30. The zero-order chi connectivity index (χ0) is 18.4. The first kappa shape index (κ1) is 18.2. The summed E-state index contributed by atoms with van der Waals surface area (Å²) in [5.41, 5.74) is 2.84. The van der Waals surface area contributed by atoms with Gasteiger partial charge in [0.05, 0.1) is 27.0 Å². The molecule has 0 aliphatic carbocycles. The molecule has 0 spiro atoms. The summed E-state index contributed by atoms with van der Waals surface area (Å²) >= 11 is 12.2. The van der Waals surface area contributed by atoms with Crippen molar-refractivity contribution in [2.24, 2.45) is 0 Å². The van der Waals surface area contributed by atoms with Gasteiger partial charge >= 0.3 is 0 Å². The molecular weight excluding hydrogens is 369 g/mol. The lowest BCUT2D eigenvalue weighted by molar-refractivity contribution is 0.102. The fourth-order valence-corrected chi connectivity index (χ4v) is 2.95. The van der Waals surface area contributed by atoms with Gasteiger partial charge in [0.2, 0.25) is 0 Å². The summed E-state index contributed by atoms with van der Waals surface area (Å²) in [7, 11) is 0. The number of rotatable bonds is 6. The Balaban J connectivity index is 1.64. The molecule has 1 amide bonds. The summed E-state index contributed by atoms with van der Waals surface area (Å²) in [5.74, 6) is -0.320. The lowest BCUT2D eigenvalue weighted by Crippen LogP contribution is -2.14. The van der Waals surface area contributed by atoms with E-state index in [1.165, 1.54) is 11.8 Å². The van der Waals surface area contributed by atoms with E-state index < -0.39 is 0 Å². The van der Waals surface area contributed by atoms with Gasteiger partial charge in [-0.05, 0) is 30.2 Å². The van der Waals surface area contributed by atoms with E-state index in [1.54, 1.807) is 30.5 Å². The van der Waals surface area contributed by atoms with Crippen molar-refractivity contribution in [1.82, 2.24) is 4.98 Å². The van der Waals surface area contributed by atoms with E-state index in [1.807, 2.05) is 18.2 Å². The lowest BCUT2D eigenvalue weighted by Gasteiger charge is -2.10. The van der Waals surface area contributed by atoms with Crippen molar-refractivity contribution in [2.45, 2.75) is 6.42 Å². The highest BCUT2D eigenvalue weighted by Crippen LogP contribution is 2.30. The van der Waals surface area contributed by atoms with Crippen molar-refractivity contribution in [2.75, 3.05) is 17.2 Å². The Morgan fingerprint density at radius 3 is 2.42 bits per heavy atom. The molecule has 0 unspecified atom stereocenters. The minimum Gasteiger partial charge on any atom is -0.383 e. The molecule has 132 valence electrons. The number of para-hydroxylation sites is 1. The number of nitrogens with one attached hydrogen (secondary N) is 2. The maximum absolute atomic E-state index is 12.5. The molecule has 0 fully saturated rings. The minimum absolute atomic E-state index is 0.320. The van der Waals surface area contributed by atoms with Crippen molar-refractivity contribution < 1.29 is 4.79 Å². The van der Waals surface area contributed by atoms with Gasteiger partial charge in [-0.3, -0.25) is 9.78 Å². The molecule has 3 rings (SSSR count). The van der Waals surface area contributed by atoms with Crippen LogP contribution in [-0.4, -0.2) is 17.4 Å². The van der Waals surface area contributed by atoms with E-state index in [-0.39, 0.29) is 5.91 Å². The number of carbonyl (C=O) groups excluding carboxylic acids is 1. The van der Waals surface area contributed by atoms with Crippen LogP contribution in [0.4, 0.5) is 11.4 Å². The third kappa shape index (κ3) is 4.75. The molecule has 0 saturated carbocycles. The summed E-state index contributed by atoms with van der Waals surface area (Å²) in [4.78, 5) is 16.6. The minimum atomic E-state index is -0.320. The number of halogens is 2. The van der Waals surface area contributed by atoms with E-state index in [9.17, 15) is 4.79 Å². The first-order valence-corrected chi connectivity index (χ1v) is 8.87. The number of hydrogen-bond acceptors (Lipinski definition) is 3. The van der Waals surface area contributed by atoms with Crippen LogP contribution in [0.5, 0.6) is 0 Å². The topological polar surface area (TPSA) is 54.0 Å². The van der Waals surface area contributed by atoms with Crippen molar-refractivity contribution in [1.29, 1.82) is 0 Å². The number of anilines is 2. The monoisotopic (exact) mass is 385 g/mol. The molecular formula is C20H17Cl2N3O. The van der Waals surface area contributed by atoms with Gasteiger partial charge in [0.25, 0.3) is 5.91 Å². The van der Waals surface area contributed by atoms with Gasteiger partial charge in [0.15, 0.2) is 0 Å². The van der Waals surface area contributed by atoms with E-state index in [2.05, 4.69) is 27.8 Å². The number of carbonyl (C=O) groups is 1. The van der Waals surface area contributed by atoms with Crippen LogP contribution < -0.4 is 10.6 Å². The van der Waals surface area contributed by atoms with Crippen LogP contribution in [0.25, 0.3) is 0 Å². The Labute approximate surface area is 162 Å². The molecule has 0 aliphatic rings. The number of pyridine rings is 1. The van der Waals surface area contributed by atoms with Crippen LogP contribution in [0, 0.1) is 0 Å². The van der Waals surface area contributed by atoms with E-state index in [0.717, 1.165) is 18.7 Å². The maximum Gasteiger partial charge on any atom is 0.257 e. The van der Waals surface area contributed by atoms with Crippen LogP contribution in [0.2, 0.25) is 10.0 Å². The first-order chi connectivity index (χ1) is 12.6. The third-order valence-electron chi connectivity index (χ3n) is 3.79. The second-order valence-electron chi connectivity index (χ2n) is 5.68. The van der Waals surface area contributed by atoms with Crippen LogP contribution in [-0.2, 0) is 6.42 Å². The largest absolute Gasteiger partial charge is 0.383 e. The van der Waals surface area contributed by atoms with Crippen molar-refractivity contribution in [3.63, 3.8) is 0 Å². The molecule has 26 heavy (non-hydrogen) atoms. The molecule has 4 nitrogen and oxygen atoms in total. The van der Waals surface area contributed by atoms with Gasteiger partial charge in [0.1, 0.15) is 0 Å². The predicted molar refractivity (Wildman–Crippen MR) is 107 cm³/mol. The summed E-state index contributed by atoms with van der Waals surface area (Å²) in [6.07, 6.45) is 4.07. The summed E-state index contributed by atoms with van der Waals surface area (Å²) < 4.78 is 0. The number of amides is 1. The number of benzene rings is 2. The molecule has 0 saturated heterocycles. The second-order valence-corrected chi connectivity index (χ2v) is 6.49. The number of hydrogen-bond donors (Lipinski definition) is 2. The Hall–Kier alpha value is -2.56. The van der Waals surface area contributed by atoms with Crippen LogP contribution in [0.1, 0.15) is 15.9 Å². The van der Waals surface area contributed by atoms with Gasteiger partial charge in [-0.2, -0.15) is 0 Å². The van der Waals surface area contributed by atoms with E-state index >= 15 is 0 Å². The number of aromatic nitrogens is 1. The Morgan fingerprint density at radius 2 is 1.69 bits per heavy atom. The highest BCUT2D eigenvalue weighted by atomic mass is 35.5. The average molecular weight is 386 g/mol. The molecule has 0 bridgehead atoms. The van der Waals surface area contributed by atoms with E-state index in [4.69, 9.17) is 23.2 Å². The molecule has 2 N–H and O–H groups in total. The smallest absolute Gasteiger partial charge is 0.257 e. The highest BCUT2D eigenvalue weighted by molar-refractivity contribution is 6.40. The summed E-state index contributed by atoms with van der Waals surface area (Å²) in [6.45, 7) is 0.743. The SMILES string of the molecule is O=C(Nc1c(Cl)cccc1Cl)c1cncc(NCCc2ccccc2)c1. The van der Waals surface area contributed by atoms with Crippen LogP contribution >= 0.6 is 23.2 Å². The van der Waals surface area contributed by atoms with Gasteiger partial charge in [0, 0.05) is 18.9 Å². The van der Waals surface area contributed by atoms with Gasteiger partial charge in [-0.25, -0.2) is 0 Å².